The summed E-state index contributed by atoms with van der Waals surface area (Å²) in [5, 5.41) is 20.8. The Morgan fingerprint density at radius 1 is 1.15 bits per heavy atom. The van der Waals surface area contributed by atoms with Crippen molar-refractivity contribution >= 4 is 6.09 Å². The van der Waals surface area contributed by atoms with E-state index in [-0.39, 0.29) is 35.6 Å². The molecule has 1 amide bonds. The lowest BCUT2D eigenvalue weighted by molar-refractivity contribution is -0.166. The fourth-order valence-corrected chi connectivity index (χ4v) is 6.69. The quantitative estimate of drug-likeness (QED) is 0.814. The SMILES string of the molecule is O=C(O)N1[C@@H]2CC[C@H]1C[C@@]1(C[C@@H]([C@H]3c4ccccc4-c4cncn43)[C@H]1O)C2. The monoisotopic (exact) mass is 365 g/mol. The summed E-state index contributed by atoms with van der Waals surface area (Å²) < 4.78 is 2.21. The van der Waals surface area contributed by atoms with Crippen LogP contribution in [0.15, 0.2) is 36.8 Å². The molecule has 140 valence electrons. The summed E-state index contributed by atoms with van der Waals surface area (Å²) in [7, 11) is 0. The zero-order valence-corrected chi connectivity index (χ0v) is 15.0. The van der Waals surface area contributed by atoms with Crippen molar-refractivity contribution in [3.63, 3.8) is 0 Å². The summed E-state index contributed by atoms with van der Waals surface area (Å²) in [5.74, 6) is 0.164. The molecular formula is C21H23N3O3. The van der Waals surface area contributed by atoms with Crippen LogP contribution in [0.4, 0.5) is 4.79 Å². The Balaban J connectivity index is 1.31. The highest BCUT2D eigenvalue weighted by atomic mass is 16.4. The molecule has 2 saturated heterocycles. The number of amides is 1. The van der Waals surface area contributed by atoms with Crippen LogP contribution >= 0.6 is 0 Å². The van der Waals surface area contributed by atoms with Crippen molar-refractivity contribution in [2.75, 3.05) is 0 Å². The van der Waals surface area contributed by atoms with E-state index in [1.54, 1.807) is 4.90 Å². The third-order valence-corrected chi connectivity index (χ3v) is 7.73. The third kappa shape index (κ3) is 1.89. The molecular weight excluding hydrogens is 342 g/mol. The van der Waals surface area contributed by atoms with E-state index in [0.717, 1.165) is 37.8 Å². The van der Waals surface area contributed by atoms with Crippen LogP contribution in [0.25, 0.3) is 11.3 Å². The molecule has 2 aromatic rings. The average Bonchev–Trinajstić information content (AvgIpc) is 3.32. The van der Waals surface area contributed by atoms with Crippen molar-refractivity contribution in [1.29, 1.82) is 0 Å². The largest absolute Gasteiger partial charge is 0.465 e. The molecule has 3 aliphatic heterocycles. The predicted octanol–water partition coefficient (Wildman–Crippen LogP) is 3.12. The highest BCUT2D eigenvalue weighted by Crippen LogP contribution is 2.62. The standard InChI is InChI=1S/C21H23N3O3/c25-19-16(9-21(19)7-12-5-6-13(8-21)24(12)20(26)27)18-15-4-2-1-3-14(15)17-10-22-11-23(17)18/h1-4,10-13,16,18-19,25H,5-9H2,(H,26,27)/t12-,13+,16-,18+,19+,21-/m0/s1. The molecule has 1 spiro atoms. The number of rotatable bonds is 1. The minimum absolute atomic E-state index is 0.0801. The van der Waals surface area contributed by atoms with E-state index in [1.807, 2.05) is 12.5 Å². The summed E-state index contributed by atoms with van der Waals surface area (Å²) in [6, 6.07) is 8.72. The number of carboxylic acid groups (broad SMARTS) is 1. The number of piperidine rings is 1. The van der Waals surface area contributed by atoms with Gasteiger partial charge < -0.3 is 19.7 Å². The van der Waals surface area contributed by atoms with E-state index in [1.165, 1.54) is 11.1 Å². The Morgan fingerprint density at radius 2 is 1.89 bits per heavy atom. The molecule has 1 aromatic heterocycles. The molecule has 0 unspecified atom stereocenters. The van der Waals surface area contributed by atoms with E-state index in [0.29, 0.717) is 0 Å². The number of benzene rings is 1. The molecule has 4 aliphatic rings. The van der Waals surface area contributed by atoms with Crippen LogP contribution in [-0.2, 0) is 0 Å². The number of aliphatic hydroxyl groups excluding tert-OH is 1. The Morgan fingerprint density at radius 3 is 2.59 bits per heavy atom. The Kier molecular flexibility index (Phi) is 2.98. The molecule has 6 nitrogen and oxygen atoms in total. The molecule has 2 N–H and O–H groups in total. The second-order valence-corrected chi connectivity index (χ2v) is 8.88. The molecule has 6 heteroatoms. The number of hydrogen-bond donors (Lipinski definition) is 2. The van der Waals surface area contributed by atoms with Gasteiger partial charge in [0, 0.05) is 29.0 Å². The van der Waals surface area contributed by atoms with E-state index in [9.17, 15) is 15.0 Å². The molecule has 3 fully saturated rings. The van der Waals surface area contributed by atoms with Crippen LogP contribution in [-0.4, -0.2) is 48.9 Å². The first-order valence-electron chi connectivity index (χ1n) is 9.89. The highest BCUT2D eigenvalue weighted by molar-refractivity contribution is 5.69. The van der Waals surface area contributed by atoms with Crippen LogP contribution < -0.4 is 0 Å². The van der Waals surface area contributed by atoms with E-state index < -0.39 is 6.09 Å². The van der Waals surface area contributed by atoms with Gasteiger partial charge in [-0.2, -0.15) is 0 Å². The van der Waals surface area contributed by atoms with Crippen LogP contribution in [0, 0.1) is 11.3 Å². The van der Waals surface area contributed by atoms with Crippen LogP contribution in [0.1, 0.15) is 43.7 Å². The first kappa shape index (κ1) is 15.7. The Bertz CT molecular complexity index is 924. The number of fused-ring (bicyclic) bond motifs is 5. The number of aliphatic hydroxyl groups is 1. The van der Waals surface area contributed by atoms with Crippen molar-refractivity contribution in [3.8, 4) is 11.3 Å². The molecule has 1 aromatic carbocycles. The first-order chi connectivity index (χ1) is 13.1. The Hall–Kier alpha value is -2.34. The van der Waals surface area contributed by atoms with Gasteiger partial charge in [0.1, 0.15) is 0 Å². The van der Waals surface area contributed by atoms with Gasteiger partial charge >= 0.3 is 6.09 Å². The number of carbonyl (C=O) groups is 1. The van der Waals surface area contributed by atoms with Crippen molar-refractivity contribution < 1.29 is 15.0 Å². The summed E-state index contributed by atoms with van der Waals surface area (Å²) >= 11 is 0. The lowest BCUT2D eigenvalue weighted by Crippen LogP contribution is -2.62. The molecule has 1 saturated carbocycles. The molecule has 0 radical (unpaired) electrons. The zero-order chi connectivity index (χ0) is 18.3. The summed E-state index contributed by atoms with van der Waals surface area (Å²) in [6.07, 6.45) is 7.06. The van der Waals surface area contributed by atoms with Gasteiger partial charge in [-0.25, -0.2) is 9.78 Å². The van der Waals surface area contributed by atoms with Gasteiger partial charge in [-0.05, 0) is 37.7 Å². The second-order valence-electron chi connectivity index (χ2n) is 8.88. The first-order valence-corrected chi connectivity index (χ1v) is 9.89. The van der Waals surface area contributed by atoms with Gasteiger partial charge in [0.2, 0.25) is 0 Å². The fraction of sp³-hybridized carbons (Fsp3) is 0.524. The summed E-state index contributed by atoms with van der Waals surface area (Å²) in [6.45, 7) is 0. The van der Waals surface area contributed by atoms with Gasteiger partial charge in [-0.3, -0.25) is 0 Å². The molecule has 6 atom stereocenters. The highest BCUT2D eigenvalue weighted by Gasteiger charge is 2.62. The van der Waals surface area contributed by atoms with E-state index >= 15 is 0 Å². The van der Waals surface area contributed by atoms with Crippen LogP contribution in [0.3, 0.4) is 0 Å². The molecule has 1 aliphatic carbocycles. The van der Waals surface area contributed by atoms with Crippen molar-refractivity contribution in [2.24, 2.45) is 11.3 Å². The number of hydrogen-bond acceptors (Lipinski definition) is 3. The van der Waals surface area contributed by atoms with Gasteiger partial charge in [0.25, 0.3) is 0 Å². The Labute approximate surface area is 157 Å². The maximum Gasteiger partial charge on any atom is 0.407 e. The third-order valence-electron chi connectivity index (χ3n) is 7.73. The molecule has 27 heavy (non-hydrogen) atoms. The van der Waals surface area contributed by atoms with Gasteiger partial charge in [-0.1, -0.05) is 24.3 Å². The lowest BCUT2D eigenvalue weighted by atomic mass is 9.51. The number of aromatic nitrogens is 2. The van der Waals surface area contributed by atoms with Gasteiger partial charge in [0.15, 0.2) is 0 Å². The second kappa shape index (κ2) is 5.13. The molecule has 6 rings (SSSR count). The number of imidazole rings is 1. The van der Waals surface area contributed by atoms with E-state index in [4.69, 9.17) is 0 Å². The zero-order valence-electron chi connectivity index (χ0n) is 15.0. The normalized spacial score (nSPS) is 38.6. The molecule has 2 bridgehead atoms. The van der Waals surface area contributed by atoms with Gasteiger partial charge in [-0.15, -0.1) is 0 Å². The maximum absolute atomic E-state index is 11.6. The minimum Gasteiger partial charge on any atom is -0.465 e. The van der Waals surface area contributed by atoms with Crippen LogP contribution in [0.5, 0.6) is 0 Å². The smallest absolute Gasteiger partial charge is 0.407 e. The minimum atomic E-state index is -0.796. The topological polar surface area (TPSA) is 78.6 Å². The van der Waals surface area contributed by atoms with Crippen molar-refractivity contribution in [2.45, 2.75) is 56.3 Å². The summed E-state index contributed by atoms with van der Waals surface area (Å²) in [5.41, 5.74) is 3.51. The van der Waals surface area contributed by atoms with Crippen LogP contribution in [0.2, 0.25) is 0 Å². The van der Waals surface area contributed by atoms with Crippen molar-refractivity contribution in [1.82, 2.24) is 14.5 Å². The fourth-order valence-electron chi connectivity index (χ4n) is 6.69. The lowest BCUT2D eigenvalue weighted by Gasteiger charge is -2.59. The van der Waals surface area contributed by atoms with Crippen molar-refractivity contribution in [3.05, 3.63) is 42.4 Å². The molecule has 4 heterocycles. The predicted molar refractivity (Wildman–Crippen MR) is 98.3 cm³/mol. The average molecular weight is 365 g/mol. The van der Waals surface area contributed by atoms with E-state index in [2.05, 4.69) is 33.8 Å². The van der Waals surface area contributed by atoms with Gasteiger partial charge in [0.05, 0.1) is 30.4 Å². The summed E-state index contributed by atoms with van der Waals surface area (Å²) in [4.78, 5) is 17.6. The number of nitrogens with zero attached hydrogens (tertiary/aromatic N) is 3. The maximum atomic E-state index is 11.6.